The molecule has 0 aliphatic heterocycles. The number of aryl methyl sites for hydroxylation is 1. The van der Waals surface area contributed by atoms with Crippen LogP contribution >= 0.6 is 0 Å². The van der Waals surface area contributed by atoms with Gasteiger partial charge < -0.3 is 20.3 Å². The predicted molar refractivity (Wildman–Crippen MR) is 129 cm³/mol. The van der Waals surface area contributed by atoms with E-state index in [4.69, 9.17) is 15.2 Å². The monoisotopic (exact) mass is 495 g/mol. The van der Waals surface area contributed by atoms with Crippen molar-refractivity contribution in [2.75, 3.05) is 13.2 Å². The number of nitrogens with two attached hydrogens (primary N) is 1. The van der Waals surface area contributed by atoms with Gasteiger partial charge in [-0.25, -0.2) is 0 Å². The summed E-state index contributed by atoms with van der Waals surface area (Å²) in [5.41, 5.74) is 5.61. The van der Waals surface area contributed by atoms with Crippen LogP contribution in [0.5, 0.6) is 5.75 Å². The van der Waals surface area contributed by atoms with Gasteiger partial charge >= 0.3 is 12.1 Å². The van der Waals surface area contributed by atoms with Crippen LogP contribution in [0.25, 0.3) is 0 Å². The van der Waals surface area contributed by atoms with E-state index in [-0.39, 0.29) is 44.8 Å². The molecule has 5 nitrogen and oxygen atoms in total. The van der Waals surface area contributed by atoms with Crippen LogP contribution in [0.3, 0.4) is 0 Å². The average Bonchev–Trinajstić information content (AvgIpc) is 2.80. The Kier molecular flexibility index (Phi) is 11.5. The molecule has 2 rings (SSSR count). The van der Waals surface area contributed by atoms with Crippen LogP contribution in [0.4, 0.5) is 13.2 Å². The van der Waals surface area contributed by atoms with Gasteiger partial charge in [-0.3, -0.25) is 4.79 Å². The molecule has 0 aromatic heterocycles. The van der Waals surface area contributed by atoms with Gasteiger partial charge in [0.05, 0.1) is 37.3 Å². The minimum absolute atomic E-state index is 0.0282. The van der Waals surface area contributed by atoms with E-state index in [0.29, 0.717) is 12.0 Å². The first-order valence-corrected chi connectivity index (χ1v) is 12.1. The number of carboxylic acid groups (broad SMARTS) is 1. The third-order valence-corrected chi connectivity index (χ3v) is 5.77. The number of hydrogen-bond donors (Lipinski definition) is 2. The van der Waals surface area contributed by atoms with E-state index in [9.17, 15) is 23.1 Å². The maximum absolute atomic E-state index is 13.7. The van der Waals surface area contributed by atoms with Gasteiger partial charge in [-0.2, -0.15) is 13.2 Å². The van der Waals surface area contributed by atoms with E-state index < -0.39 is 23.2 Å². The number of halogens is 3. The Morgan fingerprint density at radius 3 is 2.37 bits per heavy atom. The first kappa shape index (κ1) is 28.7. The Balaban J connectivity index is 2.01. The van der Waals surface area contributed by atoms with Crippen LogP contribution < -0.4 is 10.5 Å². The van der Waals surface area contributed by atoms with Crippen molar-refractivity contribution < 1.29 is 32.5 Å². The Morgan fingerprint density at radius 1 is 1.00 bits per heavy atom. The van der Waals surface area contributed by atoms with Gasteiger partial charge in [0.25, 0.3) is 0 Å². The van der Waals surface area contributed by atoms with Gasteiger partial charge in [0.1, 0.15) is 5.75 Å². The van der Waals surface area contributed by atoms with Crippen molar-refractivity contribution >= 4 is 5.97 Å². The summed E-state index contributed by atoms with van der Waals surface area (Å²) in [5.74, 6) is -1.28. The summed E-state index contributed by atoms with van der Waals surface area (Å²) in [4.78, 5) is 11.4. The second-order valence-electron chi connectivity index (χ2n) is 9.00. The van der Waals surface area contributed by atoms with Gasteiger partial charge in [0.15, 0.2) is 0 Å². The normalized spacial score (nSPS) is 13.4. The molecule has 0 aliphatic rings. The topological polar surface area (TPSA) is 81.8 Å². The summed E-state index contributed by atoms with van der Waals surface area (Å²) < 4.78 is 52.1. The Labute approximate surface area is 205 Å². The summed E-state index contributed by atoms with van der Waals surface area (Å²) in [5, 5.41) is 9.30. The lowest BCUT2D eigenvalue weighted by Gasteiger charge is -2.28. The fraction of sp³-hybridized carbons (Fsp3) is 0.519. The fourth-order valence-electron chi connectivity index (χ4n) is 3.82. The number of ether oxygens (including phenoxy) is 2. The van der Waals surface area contributed by atoms with Crippen LogP contribution in [0.15, 0.2) is 48.5 Å². The third-order valence-electron chi connectivity index (χ3n) is 5.77. The predicted octanol–water partition coefficient (Wildman–Crippen LogP) is 6.38. The van der Waals surface area contributed by atoms with E-state index in [0.717, 1.165) is 37.3 Å². The number of carbonyl (C=O) groups is 1. The van der Waals surface area contributed by atoms with E-state index in [1.165, 1.54) is 6.07 Å². The number of rotatable bonds is 16. The zero-order valence-electron chi connectivity index (χ0n) is 20.3. The zero-order chi connectivity index (χ0) is 25.7. The van der Waals surface area contributed by atoms with Crippen molar-refractivity contribution in [1.82, 2.24) is 0 Å². The molecule has 0 saturated heterocycles. The lowest BCUT2D eigenvalue weighted by atomic mass is 9.89. The Morgan fingerprint density at radius 2 is 1.71 bits per heavy atom. The maximum atomic E-state index is 13.7. The summed E-state index contributed by atoms with van der Waals surface area (Å²) >= 11 is 0. The molecule has 0 amide bonds. The maximum Gasteiger partial charge on any atom is 0.419 e. The highest BCUT2D eigenvalue weighted by molar-refractivity contribution is 5.68. The first-order chi connectivity index (χ1) is 16.6. The summed E-state index contributed by atoms with van der Waals surface area (Å²) in [7, 11) is 0. The molecule has 2 aromatic rings. The average molecular weight is 496 g/mol. The molecule has 0 bridgehead atoms. The van der Waals surface area contributed by atoms with Crippen LogP contribution in [0.1, 0.15) is 68.6 Å². The molecule has 0 fully saturated rings. The molecule has 0 aliphatic carbocycles. The molecular weight excluding hydrogens is 459 g/mol. The smallest absolute Gasteiger partial charge is 0.419 e. The number of unbranched alkanes of at least 4 members (excludes halogenated alkanes) is 4. The largest absolute Gasteiger partial charge is 0.493 e. The molecule has 0 radical (unpaired) electrons. The minimum Gasteiger partial charge on any atom is -0.493 e. The second-order valence-corrected chi connectivity index (χ2v) is 9.00. The molecule has 8 heteroatoms. The number of carboxylic acids is 1. The van der Waals surface area contributed by atoms with Gasteiger partial charge in [-0.15, -0.1) is 0 Å². The zero-order valence-corrected chi connectivity index (χ0v) is 20.3. The number of hydrogen-bond acceptors (Lipinski definition) is 4. The molecule has 1 unspecified atom stereocenters. The molecule has 0 heterocycles. The SMILES string of the molecule is CCCCCCCOc1ccc(CCC(N)(COCc2ccccc2)CC(=O)O)cc1C(F)(F)F. The van der Waals surface area contributed by atoms with Crippen molar-refractivity contribution in [2.45, 2.75) is 76.6 Å². The lowest BCUT2D eigenvalue weighted by Crippen LogP contribution is -2.46. The van der Waals surface area contributed by atoms with Crippen molar-refractivity contribution in [3.63, 3.8) is 0 Å². The molecule has 194 valence electrons. The minimum atomic E-state index is -4.56. The summed E-state index contributed by atoms with van der Waals surface area (Å²) in [6.45, 7) is 2.57. The molecule has 2 aromatic carbocycles. The van der Waals surface area contributed by atoms with Crippen molar-refractivity contribution in [3.05, 3.63) is 65.2 Å². The molecule has 35 heavy (non-hydrogen) atoms. The molecular formula is C27H36F3NO4. The highest BCUT2D eigenvalue weighted by atomic mass is 19.4. The standard InChI is InChI=1S/C27H36F3NO4/c1-2-3-4-5-9-16-35-24-13-12-21(17-23(24)27(28,29)30)14-15-26(31,18-25(32)33)20-34-19-22-10-7-6-8-11-22/h6-8,10-13,17H,2-5,9,14-16,18-20,31H2,1H3,(H,32,33). The molecule has 3 N–H and O–H groups in total. The highest BCUT2D eigenvalue weighted by Gasteiger charge is 2.35. The molecule has 1 atom stereocenters. The van der Waals surface area contributed by atoms with E-state index in [1.807, 2.05) is 30.3 Å². The van der Waals surface area contributed by atoms with Crippen molar-refractivity contribution in [2.24, 2.45) is 5.73 Å². The van der Waals surface area contributed by atoms with Crippen LogP contribution in [-0.4, -0.2) is 29.8 Å². The Hall–Kier alpha value is -2.58. The van der Waals surface area contributed by atoms with E-state index in [2.05, 4.69) is 6.92 Å². The Bertz CT molecular complexity index is 905. The summed E-state index contributed by atoms with van der Waals surface area (Å²) in [6.07, 6.45) is 0.272. The summed E-state index contributed by atoms with van der Waals surface area (Å²) in [6, 6.07) is 13.3. The fourth-order valence-corrected chi connectivity index (χ4v) is 3.82. The van der Waals surface area contributed by atoms with Crippen molar-refractivity contribution in [1.29, 1.82) is 0 Å². The van der Waals surface area contributed by atoms with Crippen LogP contribution in [-0.2, 0) is 28.7 Å². The first-order valence-electron chi connectivity index (χ1n) is 12.1. The van der Waals surface area contributed by atoms with E-state index >= 15 is 0 Å². The highest BCUT2D eigenvalue weighted by Crippen LogP contribution is 2.37. The van der Waals surface area contributed by atoms with Crippen LogP contribution in [0.2, 0.25) is 0 Å². The second kappa shape index (κ2) is 14.1. The number of benzene rings is 2. The van der Waals surface area contributed by atoms with Gasteiger partial charge in [-0.05, 0) is 42.5 Å². The number of alkyl halides is 3. The lowest BCUT2D eigenvalue weighted by molar-refractivity contribution is -0.139. The molecule has 0 saturated carbocycles. The van der Waals surface area contributed by atoms with Gasteiger partial charge in [0.2, 0.25) is 0 Å². The van der Waals surface area contributed by atoms with Crippen molar-refractivity contribution in [3.8, 4) is 5.75 Å². The van der Waals surface area contributed by atoms with Gasteiger partial charge in [0, 0.05) is 0 Å². The third kappa shape index (κ3) is 10.7. The quantitative estimate of drug-likeness (QED) is 0.264. The van der Waals surface area contributed by atoms with E-state index in [1.54, 1.807) is 6.07 Å². The number of aliphatic carboxylic acids is 1. The van der Waals surface area contributed by atoms with Gasteiger partial charge in [-0.1, -0.05) is 69.0 Å². The van der Waals surface area contributed by atoms with Crippen LogP contribution in [0, 0.1) is 0 Å². The molecule has 0 spiro atoms.